The van der Waals surface area contributed by atoms with E-state index in [1.165, 1.54) is 29.8 Å². The average Bonchev–Trinajstić information content (AvgIpc) is 2.94. The van der Waals surface area contributed by atoms with Gasteiger partial charge in [0.05, 0.1) is 23.9 Å². The molecule has 20 heavy (non-hydrogen) atoms. The van der Waals surface area contributed by atoms with E-state index in [9.17, 15) is 9.59 Å². The van der Waals surface area contributed by atoms with Gasteiger partial charge in [-0.05, 0) is 26.3 Å². The molecule has 2 aromatic heterocycles. The fourth-order valence-corrected chi connectivity index (χ4v) is 3.48. The van der Waals surface area contributed by atoms with E-state index in [0.717, 1.165) is 10.4 Å². The molecular formula is C13H14N2O3S2. The van der Waals surface area contributed by atoms with E-state index in [1.807, 2.05) is 13.8 Å². The summed E-state index contributed by atoms with van der Waals surface area (Å²) in [5.74, 6) is -0.695. The number of nitrogens with zero attached hydrogens (tertiary/aromatic N) is 1. The van der Waals surface area contributed by atoms with Crippen molar-refractivity contribution in [3.8, 4) is 0 Å². The van der Waals surface area contributed by atoms with Gasteiger partial charge in [0.15, 0.2) is 0 Å². The average molecular weight is 310 g/mol. The zero-order valence-electron chi connectivity index (χ0n) is 11.6. The molecule has 7 heteroatoms. The fourth-order valence-electron chi connectivity index (χ4n) is 1.74. The summed E-state index contributed by atoms with van der Waals surface area (Å²) in [7, 11) is 1.33. The largest absolute Gasteiger partial charge is 0.465 e. The number of aryl methyl sites for hydroxylation is 2. The first-order valence-corrected chi connectivity index (χ1v) is 7.55. The predicted molar refractivity (Wildman–Crippen MR) is 79.9 cm³/mol. The summed E-state index contributed by atoms with van der Waals surface area (Å²) in [5.41, 5.74) is 3.55. The Morgan fingerprint density at radius 1 is 1.30 bits per heavy atom. The number of aromatic nitrogens is 1. The number of nitrogens with one attached hydrogen (secondary N) is 1. The van der Waals surface area contributed by atoms with Gasteiger partial charge in [-0.15, -0.1) is 22.7 Å². The van der Waals surface area contributed by atoms with Gasteiger partial charge in [0.25, 0.3) is 5.91 Å². The zero-order valence-corrected chi connectivity index (χ0v) is 13.2. The van der Waals surface area contributed by atoms with Crippen LogP contribution in [-0.4, -0.2) is 24.0 Å². The van der Waals surface area contributed by atoms with Crippen LogP contribution in [0, 0.1) is 20.8 Å². The molecule has 0 aliphatic carbocycles. The number of amides is 1. The number of carbonyl (C=O) groups excluding carboxylic acids is 2. The number of carbonyl (C=O) groups is 2. The Balaban J connectivity index is 2.35. The van der Waals surface area contributed by atoms with Crippen LogP contribution in [0.3, 0.4) is 0 Å². The van der Waals surface area contributed by atoms with Crippen molar-refractivity contribution in [1.82, 2.24) is 4.98 Å². The van der Waals surface area contributed by atoms with Crippen molar-refractivity contribution >= 4 is 39.6 Å². The SMILES string of the molecule is COC(=O)c1c(NC(=O)c2scnc2C)sc(C)c1C. The van der Waals surface area contributed by atoms with Crippen molar-refractivity contribution in [3.05, 3.63) is 32.1 Å². The summed E-state index contributed by atoms with van der Waals surface area (Å²) in [6.45, 7) is 5.52. The molecule has 0 aliphatic rings. The number of methoxy groups -OCH3 is 1. The Labute approximate surface area is 124 Å². The van der Waals surface area contributed by atoms with Gasteiger partial charge in [-0.3, -0.25) is 4.79 Å². The van der Waals surface area contributed by atoms with Crippen LogP contribution in [0.5, 0.6) is 0 Å². The smallest absolute Gasteiger partial charge is 0.341 e. The lowest BCUT2D eigenvalue weighted by atomic mass is 10.1. The van der Waals surface area contributed by atoms with Gasteiger partial charge in [0, 0.05) is 4.88 Å². The molecule has 5 nitrogen and oxygen atoms in total. The number of hydrogen-bond acceptors (Lipinski definition) is 6. The molecule has 0 bridgehead atoms. The van der Waals surface area contributed by atoms with Crippen LogP contribution in [0.2, 0.25) is 0 Å². The van der Waals surface area contributed by atoms with E-state index < -0.39 is 5.97 Å². The fraction of sp³-hybridized carbons (Fsp3) is 0.308. The molecule has 106 valence electrons. The molecule has 0 saturated heterocycles. The second-order valence-electron chi connectivity index (χ2n) is 4.20. The molecule has 0 radical (unpaired) electrons. The third-order valence-corrected chi connectivity index (χ3v) is 5.00. The van der Waals surface area contributed by atoms with Gasteiger partial charge in [-0.25, -0.2) is 9.78 Å². The number of anilines is 1. The normalized spacial score (nSPS) is 10.4. The van der Waals surface area contributed by atoms with Crippen LogP contribution in [0.1, 0.15) is 36.2 Å². The van der Waals surface area contributed by atoms with E-state index in [1.54, 1.807) is 12.4 Å². The molecule has 0 fully saturated rings. The maximum atomic E-state index is 12.2. The number of thiophene rings is 1. The van der Waals surface area contributed by atoms with Gasteiger partial charge in [0.1, 0.15) is 9.88 Å². The molecule has 2 aromatic rings. The number of rotatable bonds is 3. The van der Waals surface area contributed by atoms with E-state index in [-0.39, 0.29) is 5.91 Å². The first-order chi connectivity index (χ1) is 9.45. The zero-order chi connectivity index (χ0) is 14.9. The highest BCUT2D eigenvalue weighted by atomic mass is 32.1. The lowest BCUT2D eigenvalue weighted by Gasteiger charge is -2.05. The van der Waals surface area contributed by atoms with Crippen molar-refractivity contribution in [1.29, 1.82) is 0 Å². The summed E-state index contributed by atoms with van der Waals surface area (Å²) >= 11 is 2.64. The minimum absolute atomic E-state index is 0.253. The summed E-state index contributed by atoms with van der Waals surface area (Å²) in [6.07, 6.45) is 0. The number of thiazole rings is 1. The van der Waals surface area contributed by atoms with Gasteiger partial charge < -0.3 is 10.1 Å². The van der Waals surface area contributed by atoms with Gasteiger partial charge >= 0.3 is 5.97 Å². The number of esters is 1. The molecule has 1 amide bonds. The molecule has 0 aliphatic heterocycles. The topological polar surface area (TPSA) is 68.3 Å². The van der Waals surface area contributed by atoms with Crippen LogP contribution in [0.15, 0.2) is 5.51 Å². The van der Waals surface area contributed by atoms with Crippen LogP contribution in [0.4, 0.5) is 5.00 Å². The maximum Gasteiger partial charge on any atom is 0.341 e. The Kier molecular flexibility index (Phi) is 4.20. The monoisotopic (exact) mass is 310 g/mol. The van der Waals surface area contributed by atoms with Crippen LogP contribution in [0.25, 0.3) is 0 Å². The van der Waals surface area contributed by atoms with E-state index in [2.05, 4.69) is 10.3 Å². The van der Waals surface area contributed by atoms with Crippen LogP contribution >= 0.6 is 22.7 Å². The van der Waals surface area contributed by atoms with Gasteiger partial charge in [-0.1, -0.05) is 0 Å². The first kappa shape index (κ1) is 14.7. The van der Waals surface area contributed by atoms with E-state index in [4.69, 9.17) is 4.74 Å². The quantitative estimate of drug-likeness (QED) is 0.884. The van der Waals surface area contributed by atoms with Crippen molar-refractivity contribution in [2.24, 2.45) is 0 Å². The van der Waals surface area contributed by atoms with Crippen LogP contribution < -0.4 is 5.32 Å². The Morgan fingerprint density at radius 3 is 2.55 bits per heavy atom. The standard InChI is InChI=1S/C13H14N2O3S2/c1-6-8(3)20-12(9(6)13(17)18-4)15-11(16)10-7(2)14-5-19-10/h5H,1-4H3,(H,15,16). The molecule has 1 N–H and O–H groups in total. The highest BCUT2D eigenvalue weighted by Gasteiger charge is 2.22. The first-order valence-electron chi connectivity index (χ1n) is 5.85. The summed E-state index contributed by atoms with van der Waals surface area (Å²) in [4.78, 5) is 29.6. The van der Waals surface area contributed by atoms with Crippen molar-refractivity contribution in [3.63, 3.8) is 0 Å². The second kappa shape index (κ2) is 5.72. The minimum Gasteiger partial charge on any atom is -0.465 e. The predicted octanol–water partition coefficient (Wildman–Crippen LogP) is 3.17. The molecule has 2 heterocycles. The van der Waals surface area contributed by atoms with E-state index in [0.29, 0.717) is 21.1 Å². The number of hydrogen-bond donors (Lipinski definition) is 1. The Morgan fingerprint density at radius 2 is 2.00 bits per heavy atom. The minimum atomic E-state index is -0.442. The molecule has 0 spiro atoms. The lowest BCUT2D eigenvalue weighted by molar-refractivity contribution is 0.0601. The van der Waals surface area contributed by atoms with Crippen molar-refractivity contribution in [2.75, 3.05) is 12.4 Å². The molecule has 0 saturated carbocycles. The summed E-state index contributed by atoms with van der Waals surface area (Å²) in [5, 5.41) is 3.30. The molecule has 2 rings (SSSR count). The maximum absolute atomic E-state index is 12.2. The highest BCUT2D eigenvalue weighted by molar-refractivity contribution is 7.17. The Hall–Kier alpha value is -1.73. The number of ether oxygens (including phenoxy) is 1. The third kappa shape index (κ3) is 2.59. The lowest BCUT2D eigenvalue weighted by Crippen LogP contribution is -2.14. The molecule has 0 aromatic carbocycles. The second-order valence-corrected chi connectivity index (χ2v) is 6.28. The molecular weight excluding hydrogens is 296 g/mol. The summed E-state index contributed by atoms with van der Waals surface area (Å²) < 4.78 is 4.77. The summed E-state index contributed by atoms with van der Waals surface area (Å²) in [6, 6.07) is 0. The van der Waals surface area contributed by atoms with E-state index >= 15 is 0 Å². The molecule has 0 atom stereocenters. The van der Waals surface area contributed by atoms with Gasteiger partial charge in [-0.2, -0.15) is 0 Å². The Bertz CT molecular complexity index is 673. The van der Waals surface area contributed by atoms with Gasteiger partial charge in [0.2, 0.25) is 0 Å². The highest BCUT2D eigenvalue weighted by Crippen LogP contribution is 2.33. The van der Waals surface area contributed by atoms with Crippen molar-refractivity contribution < 1.29 is 14.3 Å². The molecule has 0 unspecified atom stereocenters. The van der Waals surface area contributed by atoms with Crippen LogP contribution in [-0.2, 0) is 4.74 Å². The third-order valence-electron chi connectivity index (χ3n) is 2.95. The van der Waals surface area contributed by atoms with Crippen molar-refractivity contribution in [2.45, 2.75) is 20.8 Å².